The number of aromatic carboxylic acids is 1. The van der Waals surface area contributed by atoms with Gasteiger partial charge in [0.05, 0.1) is 5.56 Å². The van der Waals surface area contributed by atoms with Crippen LogP contribution in [-0.4, -0.2) is 30.8 Å². The molecule has 126 valence electrons. The maximum Gasteiger partial charge on any atom is 0.335 e. The SMILES string of the molecule is CCC[CH2][SnH]([CH2]CCC)[CH2]CCC.O=C(O)c1ccccc1. The van der Waals surface area contributed by atoms with Gasteiger partial charge in [0, 0.05) is 0 Å². The fraction of sp³-hybridized carbons (Fsp3) is 0.632. The van der Waals surface area contributed by atoms with Crippen molar-refractivity contribution in [2.45, 2.75) is 72.6 Å². The van der Waals surface area contributed by atoms with E-state index in [0.29, 0.717) is 5.56 Å². The second kappa shape index (κ2) is 15.4. The second-order valence-electron chi connectivity index (χ2n) is 5.96. The predicted molar refractivity (Wildman–Crippen MR) is 99.7 cm³/mol. The minimum absolute atomic E-state index is 0.331. The molecule has 0 bridgehead atoms. The first-order chi connectivity index (χ1) is 10.7. The minimum atomic E-state index is -0.967. The number of benzene rings is 1. The van der Waals surface area contributed by atoms with E-state index in [-0.39, 0.29) is 0 Å². The van der Waals surface area contributed by atoms with E-state index in [0.717, 1.165) is 0 Å². The van der Waals surface area contributed by atoms with Crippen LogP contribution in [0.25, 0.3) is 0 Å². The van der Waals surface area contributed by atoms with Gasteiger partial charge in [0.15, 0.2) is 0 Å². The molecule has 0 saturated heterocycles. The molecule has 0 radical (unpaired) electrons. The van der Waals surface area contributed by atoms with Crippen molar-refractivity contribution >= 4 is 25.7 Å². The van der Waals surface area contributed by atoms with Gasteiger partial charge in [-0.3, -0.25) is 0 Å². The Morgan fingerprint density at radius 3 is 1.55 bits per heavy atom. The normalized spacial score (nSPS) is 10.2. The fourth-order valence-electron chi connectivity index (χ4n) is 2.49. The third kappa shape index (κ3) is 12.1. The largest absolute Gasteiger partial charge is 0.478 e. The van der Waals surface area contributed by atoms with Gasteiger partial charge < -0.3 is 5.11 Å². The van der Waals surface area contributed by atoms with Crippen LogP contribution in [0.5, 0.6) is 0 Å². The van der Waals surface area contributed by atoms with Crippen LogP contribution >= 0.6 is 0 Å². The Labute approximate surface area is 144 Å². The van der Waals surface area contributed by atoms with E-state index in [1.54, 1.807) is 43.6 Å². The number of carboxylic acid groups (broad SMARTS) is 1. The van der Waals surface area contributed by atoms with Crippen LogP contribution in [0.15, 0.2) is 30.3 Å². The number of rotatable bonds is 10. The molecule has 1 rings (SSSR count). The number of carbonyl (C=O) groups is 1. The monoisotopic (exact) mass is 414 g/mol. The molecule has 0 aliphatic carbocycles. The molecule has 0 heterocycles. The smallest absolute Gasteiger partial charge is 0.335 e. The molecular formula is C19H34O2Sn. The van der Waals surface area contributed by atoms with Gasteiger partial charge in [-0.15, -0.1) is 0 Å². The van der Waals surface area contributed by atoms with Gasteiger partial charge in [-0.25, -0.2) is 4.79 Å². The molecule has 0 aliphatic heterocycles. The number of hydrogen-bond acceptors (Lipinski definition) is 1. The van der Waals surface area contributed by atoms with Crippen LogP contribution in [0.1, 0.15) is 69.7 Å². The predicted octanol–water partition coefficient (Wildman–Crippen LogP) is 6.00. The van der Waals surface area contributed by atoms with Crippen LogP contribution in [-0.2, 0) is 0 Å². The van der Waals surface area contributed by atoms with Gasteiger partial charge in [-0.1, -0.05) is 18.2 Å². The van der Waals surface area contributed by atoms with E-state index in [2.05, 4.69) is 20.8 Å². The standard InChI is InChI=1S/C7H6O2.3C4H9.Sn.H/c8-7(9)6-4-2-1-3-5-6;3*1-3-4-2;;/h1-5H,(H,8,9);3*1,3-4H2,2H3;;. The van der Waals surface area contributed by atoms with E-state index in [1.165, 1.54) is 38.5 Å². The Morgan fingerprint density at radius 1 is 0.864 bits per heavy atom. The average Bonchev–Trinajstić information content (AvgIpc) is 2.55. The molecular weight excluding hydrogens is 379 g/mol. The Bertz CT molecular complexity index is 346. The maximum atomic E-state index is 10.2. The summed E-state index contributed by atoms with van der Waals surface area (Å²) in [6.07, 6.45) is 8.87. The van der Waals surface area contributed by atoms with Crippen LogP contribution in [0.2, 0.25) is 13.3 Å². The van der Waals surface area contributed by atoms with Crippen molar-refractivity contribution < 1.29 is 9.90 Å². The number of unbranched alkanes of at least 4 members (excludes halogenated alkanes) is 3. The molecule has 0 amide bonds. The summed E-state index contributed by atoms with van der Waals surface area (Å²) in [6, 6.07) is 8.30. The fourth-order valence-corrected chi connectivity index (χ4v) is 13.4. The van der Waals surface area contributed by atoms with Gasteiger partial charge >= 0.3 is 98.3 Å². The maximum absolute atomic E-state index is 10.2. The zero-order valence-electron chi connectivity index (χ0n) is 14.7. The molecule has 1 aromatic rings. The van der Waals surface area contributed by atoms with Crippen molar-refractivity contribution in [2.24, 2.45) is 0 Å². The summed E-state index contributed by atoms with van der Waals surface area (Å²) >= 11 is -0.967. The summed E-state index contributed by atoms with van der Waals surface area (Å²) in [5.41, 5.74) is 0.331. The second-order valence-corrected chi connectivity index (χ2v) is 15.9. The van der Waals surface area contributed by atoms with E-state index in [4.69, 9.17) is 5.11 Å². The Hall–Kier alpha value is -0.511. The summed E-state index contributed by atoms with van der Waals surface area (Å²) in [5, 5.41) is 8.38. The Kier molecular flexibility index (Phi) is 15.0. The molecule has 0 saturated carbocycles. The van der Waals surface area contributed by atoms with Crippen LogP contribution in [0.4, 0.5) is 0 Å². The molecule has 3 heteroatoms. The molecule has 1 N–H and O–H groups in total. The van der Waals surface area contributed by atoms with E-state index < -0.39 is 25.7 Å². The molecule has 0 atom stereocenters. The van der Waals surface area contributed by atoms with Gasteiger partial charge in [0.2, 0.25) is 0 Å². The quantitative estimate of drug-likeness (QED) is 0.478. The zero-order valence-corrected chi connectivity index (χ0v) is 18.0. The molecule has 0 spiro atoms. The van der Waals surface area contributed by atoms with Crippen LogP contribution < -0.4 is 0 Å². The molecule has 1 aromatic carbocycles. The van der Waals surface area contributed by atoms with E-state index >= 15 is 0 Å². The topological polar surface area (TPSA) is 37.3 Å². The summed E-state index contributed by atoms with van der Waals surface area (Å²) in [5.74, 6) is -0.879. The van der Waals surface area contributed by atoms with Gasteiger partial charge in [0.25, 0.3) is 0 Å². The van der Waals surface area contributed by atoms with Crippen LogP contribution in [0.3, 0.4) is 0 Å². The third-order valence-electron chi connectivity index (χ3n) is 3.92. The first-order valence-electron chi connectivity index (χ1n) is 8.93. The van der Waals surface area contributed by atoms with Gasteiger partial charge in [-0.05, 0) is 12.1 Å². The summed E-state index contributed by atoms with van der Waals surface area (Å²) < 4.78 is 5.08. The minimum Gasteiger partial charge on any atom is -0.478 e. The van der Waals surface area contributed by atoms with Crippen molar-refractivity contribution in [3.05, 3.63) is 35.9 Å². The summed E-state index contributed by atoms with van der Waals surface area (Å²) in [7, 11) is 0. The average molecular weight is 413 g/mol. The van der Waals surface area contributed by atoms with Crippen molar-refractivity contribution in [2.75, 3.05) is 0 Å². The van der Waals surface area contributed by atoms with Crippen molar-refractivity contribution in [3.8, 4) is 0 Å². The van der Waals surface area contributed by atoms with Crippen molar-refractivity contribution in [1.29, 1.82) is 0 Å². The van der Waals surface area contributed by atoms with Gasteiger partial charge in [0.1, 0.15) is 0 Å². The number of hydrogen-bond donors (Lipinski definition) is 1. The summed E-state index contributed by atoms with van der Waals surface area (Å²) in [6.45, 7) is 7.01. The van der Waals surface area contributed by atoms with E-state index in [9.17, 15) is 4.79 Å². The number of carboxylic acids is 1. The molecule has 0 fully saturated rings. The molecule has 0 unspecified atom stereocenters. The summed E-state index contributed by atoms with van der Waals surface area (Å²) in [4.78, 5) is 10.2. The Balaban J connectivity index is 0.000000425. The molecule has 0 aromatic heterocycles. The molecule has 22 heavy (non-hydrogen) atoms. The Morgan fingerprint density at radius 2 is 1.27 bits per heavy atom. The first-order valence-corrected chi connectivity index (χ1v) is 15.9. The van der Waals surface area contributed by atoms with Crippen molar-refractivity contribution in [1.82, 2.24) is 0 Å². The zero-order chi connectivity index (χ0) is 16.6. The van der Waals surface area contributed by atoms with Crippen molar-refractivity contribution in [3.63, 3.8) is 0 Å². The van der Waals surface area contributed by atoms with Gasteiger partial charge in [-0.2, -0.15) is 0 Å². The van der Waals surface area contributed by atoms with Crippen LogP contribution in [0, 0.1) is 0 Å². The molecule has 2 nitrogen and oxygen atoms in total. The third-order valence-corrected chi connectivity index (χ3v) is 14.4. The van der Waals surface area contributed by atoms with E-state index in [1.807, 2.05) is 0 Å². The molecule has 0 aliphatic rings. The first kappa shape index (κ1) is 21.5.